The number of benzene rings is 2. The minimum absolute atomic E-state index is 0.0531. The van der Waals surface area contributed by atoms with Crippen LogP contribution in [0.3, 0.4) is 0 Å². The number of rotatable bonds is 17. The fraction of sp³-hybridized carbons (Fsp3) is 0.474. The fourth-order valence-electron chi connectivity index (χ4n) is 6.42. The van der Waals surface area contributed by atoms with Gasteiger partial charge in [0.25, 0.3) is 11.8 Å². The first-order chi connectivity index (χ1) is 24.9. The number of primary amides is 1. The Balaban J connectivity index is 1.56. The van der Waals surface area contributed by atoms with E-state index in [1.807, 2.05) is 42.5 Å². The number of ether oxygens (including phenoxy) is 1. The van der Waals surface area contributed by atoms with Gasteiger partial charge in [0.15, 0.2) is 0 Å². The monoisotopic (exact) mass is 717 g/mol. The smallest absolute Gasteiger partial charge is 0.407 e. The lowest BCUT2D eigenvalue weighted by Gasteiger charge is -2.35. The number of carbonyl (C=O) groups excluding carboxylic acids is 5. The van der Waals surface area contributed by atoms with Crippen LogP contribution in [0.5, 0.6) is 0 Å². The first-order valence-corrected chi connectivity index (χ1v) is 17.8. The van der Waals surface area contributed by atoms with Crippen LogP contribution < -0.4 is 27.1 Å². The van der Waals surface area contributed by atoms with Crippen LogP contribution in [0, 0.1) is 11.8 Å². The van der Waals surface area contributed by atoms with Crippen LogP contribution in [0.4, 0.5) is 4.79 Å². The molecule has 1 fully saturated rings. The van der Waals surface area contributed by atoms with Crippen molar-refractivity contribution in [1.29, 1.82) is 0 Å². The summed E-state index contributed by atoms with van der Waals surface area (Å²) in [5.41, 5.74) is 9.87. The molecule has 1 aliphatic rings. The number of carbonyl (C=O) groups is 5. The number of nitrogens with two attached hydrogens (primary N) is 1. The first kappa shape index (κ1) is 39.7. The Labute approximate surface area is 304 Å². The highest BCUT2D eigenvalue weighted by Crippen LogP contribution is 2.24. The number of aliphatic hydroxyl groups is 1. The average Bonchev–Trinajstić information content (AvgIpc) is 3.13. The summed E-state index contributed by atoms with van der Waals surface area (Å²) in [6.45, 7) is 3.96. The maximum atomic E-state index is 13.8. The summed E-state index contributed by atoms with van der Waals surface area (Å²) in [6.07, 6.45) is 2.90. The fourth-order valence-corrected chi connectivity index (χ4v) is 6.42. The Morgan fingerprint density at radius 1 is 0.904 bits per heavy atom. The van der Waals surface area contributed by atoms with Crippen molar-refractivity contribution >= 4 is 40.6 Å². The molecule has 52 heavy (non-hydrogen) atoms. The molecule has 0 aliphatic heterocycles. The molecule has 2 unspecified atom stereocenters. The Bertz CT molecular complexity index is 1670. The second-order valence-corrected chi connectivity index (χ2v) is 13.7. The van der Waals surface area contributed by atoms with Gasteiger partial charge in [0.2, 0.25) is 11.8 Å². The predicted molar refractivity (Wildman–Crippen MR) is 195 cm³/mol. The maximum absolute atomic E-state index is 13.8. The van der Waals surface area contributed by atoms with Crippen LogP contribution in [0.1, 0.15) is 68.4 Å². The number of hydrogen-bond acceptors (Lipinski definition) is 9. The predicted octanol–water partition coefficient (Wildman–Crippen LogP) is 2.59. The van der Waals surface area contributed by atoms with Gasteiger partial charge in [0, 0.05) is 18.5 Å². The summed E-state index contributed by atoms with van der Waals surface area (Å²) in [4.78, 5) is 69.2. The molecular weight excluding hydrogens is 666 g/mol. The zero-order valence-electron chi connectivity index (χ0n) is 30.0. The number of pyridine rings is 1. The molecule has 1 heterocycles. The number of para-hydroxylation sites is 1. The van der Waals surface area contributed by atoms with E-state index >= 15 is 0 Å². The van der Waals surface area contributed by atoms with Gasteiger partial charge in [-0.1, -0.05) is 87.7 Å². The summed E-state index contributed by atoms with van der Waals surface area (Å²) in [7, 11) is 1.22. The van der Waals surface area contributed by atoms with Gasteiger partial charge in [-0.05, 0) is 48.8 Å². The highest BCUT2D eigenvalue weighted by molar-refractivity contribution is 5.99. The molecule has 0 radical (unpaired) electrons. The Kier molecular flexibility index (Phi) is 14.9. The second-order valence-electron chi connectivity index (χ2n) is 13.7. The van der Waals surface area contributed by atoms with Gasteiger partial charge in [-0.15, -0.1) is 0 Å². The lowest BCUT2D eigenvalue weighted by Crippen LogP contribution is -2.59. The second kappa shape index (κ2) is 19.5. The van der Waals surface area contributed by atoms with Crippen LogP contribution in [-0.4, -0.2) is 89.3 Å². The van der Waals surface area contributed by atoms with Crippen molar-refractivity contribution in [1.82, 2.24) is 31.4 Å². The third kappa shape index (κ3) is 12.0. The van der Waals surface area contributed by atoms with E-state index in [0.717, 1.165) is 43.1 Å². The quantitative estimate of drug-likeness (QED) is 0.113. The van der Waals surface area contributed by atoms with Gasteiger partial charge in [0.05, 0.1) is 31.2 Å². The van der Waals surface area contributed by atoms with Gasteiger partial charge in [-0.25, -0.2) is 14.8 Å². The first-order valence-electron chi connectivity index (χ1n) is 17.8. The number of nitrogens with one attached hydrogen (secondary N) is 4. The van der Waals surface area contributed by atoms with Crippen LogP contribution in [0.25, 0.3) is 10.9 Å². The summed E-state index contributed by atoms with van der Waals surface area (Å²) in [5.74, 6) is -2.69. The molecule has 3 aromatic rings. The summed E-state index contributed by atoms with van der Waals surface area (Å²) >= 11 is 0. The van der Waals surface area contributed by atoms with Crippen LogP contribution >= 0.6 is 0 Å². The van der Waals surface area contributed by atoms with E-state index in [4.69, 9.17) is 10.5 Å². The van der Waals surface area contributed by atoms with Crippen molar-refractivity contribution in [2.45, 2.75) is 83.0 Å². The van der Waals surface area contributed by atoms with Crippen molar-refractivity contribution in [3.05, 3.63) is 78.0 Å². The highest BCUT2D eigenvalue weighted by atomic mass is 16.5. The minimum Gasteiger partial charge on any atom is -0.453 e. The number of aliphatic hydroxyl groups excluding tert-OH is 1. The molecule has 2 aromatic carbocycles. The molecule has 4 rings (SSSR count). The highest BCUT2D eigenvalue weighted by Gasteiger charge is 2.32. The molecule has 14 heteroatoms. The van der Waals surface area contributed by atoms with Crippen molar-refractivity contribution in [3.63, 3.8) is 0 Å². The van der Waals surface area contributed by atoms with Crippen molar-refractivity contribution in [3.8, 4) is 0 Å². The topological polar surface area (TPSA) is 205 Å². The number of alkyl carbamates (subject to hydrolysis) is 1. The zero-order valence-corrected chi connectivity index (χ0v) is 30.0. The number of hydrogen-bond donors (Lipinski definition) is 6. The molecule has 4 atom stereocenters. The normalized spacial score (nSPS) is 15.7. The molecule has 0 spiro atoms. The average molecular weight is 718 g/mol. The molecule has 0 bridgehead atoms. The van der Waals surface area contributed by atoms with Gasteiger partial charge >= 0.3 is 6.09 Å². The van der Waals surface area contributed by atoms with Gasteiger partial charge in [-0.3, -0.25) is 24.6 Å². The van der Waals surface area contributed by atoms with E-state index < -0.39 is 60.4 Å². The minimum atomic E-state index is -1.36. The number of nitrogens with zero attached hydrogens (tertiary/aromatic N) is 2. The Hall–Kier alpha value is -5.08. The van der Waals surface area contributed by atoms with Crippen molar-refractivity contribution in [2.24, 2.45) is 17.6 Å². The number of aromatic nitrogens is 1. The van der Waals surface area contributed by atoms with Crippen molar-refractivity contribution < 1.29 is 33.8 Å². The molecule has 1 aliphatic carbocycles. The SMILES string of the molecule is COC(=O)N[C@H](C(=O)NN(CC1CCCCC1)CC(O)C(Cc1ccccc1)NC(=O)[C@H](CC(N)=O)NC(=O)c1ccc2ccccc2n1)C(C)C. The summed E-state index contributed by atoms with van der Waals surface area (Å²) in [6, 6.07) is 16.6. The van der Waals surface area contributed by atoms with E-state index in [-0.39, 0.29) is 30.5 Å². The molecule has 7 N–H and O–H groups in total. The summed E-state index contributed by atoms with van der Waals surface area (Å²) < 4.78 is 4.72. The summed E-state index contributed by atoms with van der Waals surface area (Å²) in [5, 5.41) is 22.3. The number of methoxy groups -OCH3 is 1. The largest absolute Gasteiger partial charge is 0.453 e. The van der Waals surface area contributed by atoms with Crippen LogP contribution in [0.2, 0.25) is 0 Å². The van der Waals surface area contributed by atoms with Gasteiger partial charge in [-0.2, -0.15) is 0 Å². The van der Waals surface area contributed by atoms with E-state index in [1.165, 1.54) is 13.2 Å². The number of fused-ring (bicyclic) bond motifs is 1. The molecule has 1 saturated carbocycles. The molecule has 280 valence electrons. The molecule has 5 amide bonds. The van der Waals surface area contributed by atoms with Gasteiger partial charge in [0.1, 0.15) is 17.8 Å². The van der Waals surface area contributed by atoms with Gasteiger partial charge < -0.3 is 31.5 Å². The molecule has 14 nitrogen and oxygen atoms in total. The number of hydrazine groups is 1. The van der Waals surface area contributed by atoms with Crippen LogP contribution in [0.15, 0.2) is 66.7 Å². The molecular formula is C38H51N7O7. The van der Waals surface area contributed by atoms with E-state index in [1.54, 1.807) is 37.1 Å². The van der Waals surface area contributed by atoms with E-state index in [9.17, 15) is 29.1 Å². The van der Waals surface area contributed by atoms with E-state index in [2.05, 4.69) is 26.4 Å². The molecule has 0 saturated heterocycles. The maximum Gasteiger partial charge on any atom is 0.407 e. The lowest BCUT2D eigenvalue weighted by atomic mass is 9.89. The van der Waals surface area contributed by atoms with Crippen molar-refractivity contribution in [2.75, 3.05) is 20.2 Å². The standard InChI is InChI=1S/C38H51N7O7/c1-24(2)34(43-38(51)52-3)37(50)44-45(22-26-14-8-5-9-15-26)23-32(46)30(20-25-12-6-4-7-13-25)41-36(49)31(21-33(39)47)42-35(48)29-19-18-27-16-10-11-17-28(27)40-29/h4,6-7,10-13,16-19,24,26,30-32,34,46H,5,8-9,14-15,20-23H2,1-3H3,(H2,39,47)(H,41,49)(H,42,48)(H,43,51)(H,44,50)/t30?,31-,32?,34-/m0/s1. The third-order valence-electron chi connectivity index (χ3n) is 9.24. The molecule has 1 aromatic heterocycles. The lowest BCUT2D eigenvalue weighted by molar-refractivity contribution is -0.131. The number of amides is 5. The zero-order chi connectivity index (χ0) is 37.6. The Morgan fingerprint density at radius 2 is 1.60 bits per heavy atom. The van der Waals surface area contributed by atoms with Crippen LogP contribution in [-0.2, 0) is 25.5 Å². The Morgan fingerprint density at radius 3 is 2.27 bits per heavy atom. The van der Waals surface area contributed by atoms with E-state index in [0.29, 0.717) is 12.1 Å². The third-order valence-corrected chi connectivity index (χ3v) is 9.24.